The number of benzene rings is 2. The first-order chi connectivity index (χ1) is 11.1. The maximum Gasteiger partial charge on any atom is 0.454 e. The van der Waals surface area contributed by atoms with Crippen LogP contribution in [0, 0.1) is 0 Å². The average Bonchev–Trinajstić information content (AvgIpc) is 2.51. The fraction of sp³-hybridized carbons (Fsp3) is 0.316. The first-order valence-electron chi connectivity index (χ1n) is 7.61. The number of ether oxygens (including phenoxy) is 1. The number of alkyl halides is 3. The third kappa shape index (κ3) is 2.90. The van der Waals surface area contributed by atoms with E-state index in [-0.39, 0.29) is 17.4 Å². The second-order valence-electron chi connectivity index (χ2n) is 6.99. The Morgan fingerprint density at radius 3 is 2.42 bits per heavy atom. The fourth-order valence-electron chi connectivity index (χ4n) is 2.82. The quantitative estimate of drug-likeness (QED) is 0.726. The predicted molar refractivity (Wildman–Crippen MR) is 86.1 cm³/mol. The van der Waals surface area contributed by atoms with Crippen LogP contribution < -0.4 is 4.74 Å². The van der Waals surface area contributed by atoms with Crippen molar-refractivity contribution in [3.8, 4) is 5.75 Å². The molecule has 0 fully saturated rings. The van der Waals surface area contributed by atoms with E-state index >= 15 is 0 Å². The van der Waals surface area contributed by atoms with Gasteiger partial charge in [-0.1, -0.05) is 45.0 Å². The van der Waals surface area contributed by atoms with Gasteiger partial charge in [0.1, 0.15) is 5.75 Å². The molecule has 1 aliphatic heterocycles. The molecule has 0 saturated carbocycles. The van der Waals surface area contributed by atoms with E-state index < -0.39 is 12.0 Å². The molecule has 126 valence electrons. The number of hydrogen-bond acceptors (Lipinski definition) is 2. The number of hydrogen-bond donors (Lipinski definition) is 0. The van der Waals surface area contributed by atoms with Gasteiger partial charge in [-0.25, -0.2) is 0 Å². The lowest BCUT2D eigenvalue weighted by Crippen LogP contribution is -2.27. The number of rotatable bonds is 1. The highest BCUT2D eigenvalue weighted by Crippen LogP contribution is 2.37. The van der Waals surface area contributed by atoms with Gasteiger partial charge in [-0.3, -0.25) is 4.79 Å². The zero-order valence-electron chi connectivity index (χ0n) is 13.6. The molecule has 2 nitrogen and oxygen atoms in total. The molecule has 0 unspecified atom stereocenters. The summed E-state index contributed by atoms with van der Waals surface area (Å²) in [5.41, 5.74) is 1.34. The second kappa shape index (κ2) is 5.36. The summed E-state index contributed by atoms with van der Waals surface area (Å²) in [5, 5.41) is 1.73. The molecule has 0 atom stereocenters. The summed E-state index contributed by atoms with van der Waals surface area (Å²) in [6, 6.07) is 9.49. The second-order valence-corrected chi connectivity index (χ2v) is 6.99. The number of halogens is 3. The van der Waals surface area contributed by atoms with Crippen molar-refractivity contribution >= 4 is 16.6 Å². The topological polar surface area (TPSA) is 26.3 Å². The maximum atomic E-state index is 12.7. The molecule has 0 spiro atoms. The van der Waals surface area contributed by atoms with Crippen LogP contribution in [0.15, 0.2) is 42.2 Å². The predicted octanol–water partition coefficient (Wildman–Crippen LogP) is 5.09. The summed E-state index contributed by atoms with van der Waals surface area (Å²) < 4.78 is 43.3. The molecule has 3 rings (SSSR count). The van der Waals surface area contributed by atoms with E-state index in [1.165, 1.54) is 0 Å². The van der Waals surface area contributed by atoms with Gasteiger partial charge in [0.25, 0.3) is 5.78 Å². The minimum Gasteiger partial charge on any atom is -0.464 e. The smallest absolute Gasteiger partial charge is 0.454 e. The zero-order chi connectivity index (χ0) is 17.7. The zero-order valence-corrected chi connectivity index (χ0v) is 13.6. The molecule has 0 bridgehead atoms. The Morgan fingerprint density at radius 1 is 1.08 bits per heavy atom. The number of fused-ring (bicyclic) bond motifs is 3. The molecule has 0 amide bonds. The van der Waals surface area contributed by atoms with Gasteiger partial charge in [0.15, 0.2) is 0 Å². The minimum absolute atomic E-state index is 0.0299. The van der Waals surface area contributed by atoms with E-state index in [0.717, 1.165) is 22.6 Å². The fourth-order valence-corrected chi connectivity index (χ4v) is 2.82. The van der Waals surface area contributed by atoms with Crippen molar-refractivity contribution in [1.29, 1.82) is 0 Å². The van der Waals surface area contributed by atoms with Crippen LogP contribution in [-0.2, 0) is 16.6 Å². The molecule has 5 heteroatoms. The van der Waals surface area contributed by atoms with Gasteiger partial charge in [-0.15, -0.1) is 0 Å². The van der Waals surface area contributed by atoms with Gasteiger partial charge >= 0.3 is 6.18 Å². The van der Waals surface area contributed by atoms with Crippen molar-refractivity contribution < 1.29 is 22.7 Å². The summed E-state index contributed by atoms with van der Waals surface area (Å²) in [6.45, 7) is 6.29. The van der Waals surface area contributed by atoms with Crippen LogP contribution in [0.2, 0.25) is 0 Å². The lowest BCUT2D eigenvalue weighted by atomic mass is 9.85. The van der Waals surface area contributed by atoms with E-state index in [0.29, 0.717) is 11.3 Å². The maximum absolute atomic E-state index is 12.7. The Bertz CT molecular complexity index is 855. The molecule has 24 heavy (non-hydrogen) atoms. The van der Waals surface area contributed by atoms with Gasteiger partial charge < -0.3 is 4.74 Å². The van der Waals surface area contributed by atoms with E-state index in [2.05, 4.69) is 20.8 Å². The number of Topliss-reactive ketones (excluding diaryl/α,β-unsaturated/α-hetero) is 1. The van der Waals surface area contributed by atoms with Crippen molar-refractivity contribution in [2.24, 2.45) is 0 Å². The van der Waals surface area contributed by atoms with Crippen LogP contribution in [0.1, 0.15) is 31.9 Å². The Hall–Kier alpha value is -2.30. The van der Waals surface area contributed by atoms with E-state index in [4.69, 9.17) is 4.74 Å². The van der Waals surface area contributed by atoms with Crippen LogP contribution in [0.25, 0.3) is 10.8 Å². The molecule has 0 aliphatic carbocycles. The molecule has 0 saturated heterocycles. The standard InChI is InChI=1S/C19H17F3O2/c1-18(2,3)13-5-6-14-11(8-13)4-7-16-15(14)9-12(10-24-16)17(23)19(20,21)22/h4-8,10H,9H2,1-3H3. The van der Waals surface area contributed by atoms with Gasteiger partial charge in [-0.05, 0) is 27.8 Å². The monoisotopic (exact) mass is 334 g/mol. The van der Waals surface area contributed by atoms with E-state index in [1.54, 1.807) is 6.07 Å². The molecular formula is C19H17F3O2. The SMILES string of the molecule is CC(C)(C)c1ccc2c3c(ccc2c1)OC=C(C(=O)C(F)(F)F)C3. The Kier molecular flexibility index (Phi) is 3.70. The number of ketones is 1. The van der Waals surface area contributed by atoms with E-state index in [9.17, 15) is 18.0 Å². The van der Waals surface area contributed by atoms with Crippen LogP contribution in [0.3, 0.4) is 0 Å². The van der Waals surface area contributed by atoms with Gasteiger partial charge in [0.05, 0.1) is 6.26 Å². The van der Waals surface area contributed by atoms with Crippen LogP contribution in [0.4, 0.5) is 13.2 Å². The molecule has 1 aliphatic rings. The van der Waals surface area contributed by atoms with Crippen LogP contribution in [-0.4, -0.2) is 12.0 Å². The van der Waals surface area contributed by atoms with Crippen molar-refractivity contribution in [1.82, 2.24) is 0 Å². The largest absolute Gasteiger partial charge is 0.464 e. The van der Waals surface area contributed by atoms with Crippen molar-refractivity contribution in [2.75, 3.05) is 0 Å². The minimum atomic E-state index is -4.89. The summed E-state index contributed by atoms with van der Waals surface area (Å²) in [6.07, 6.45) is -4.07. The molecule has 1 heterocycles. The molecular weight excluding hydrogens is 317 g/mol. The highest BCUT2D eigenvalue weighted by Gasteiger charge is 2.41. The first-order valence-corrected chi connectivity index (χ1v) is 7.61. The van der Waals surface area contributed by atoms with Gasteiger partial charge in [0, 0.05) is 17.6 Å². The lowest BCUT2D eigenvalue weighted by molar-refractivity contribution is -0.166. The number of carbonyl (C=O) groups is 1. The Balaban J connectivity index is 2.06. The Labute approximate surface area is 137 Å². The van der Waals surface area contributed by atoms with Crippen molar-refractivity contribution in [3.63, 3.8) is 0 Å². The lowest BCUT2D eigenvalue weighted by Gasteiger charge is -2.22. The summed E-state index contributed by atoms with van der Waals surface area (Å²) in [4.78, 5) is 11.5. The third-order valence-corrected chi connectivity index (χ3v) is 4.20. The van der Waals surface area contributed by atoms with Gasteiger partial charge in [0.2, 0.25) is 0 Å². The normalized spacial score (nSPS) is 14.8. The summed E-state index contributed by atoms with van der Waals surface area (Å²) in [7, 11) is 0. The highest BCUT2D eigenvalue weighted by atomic mass is 19.4. The highest BCUT2D eigenvalue weighted by molar-refractivity contribution is 6.01. The van der Waals surface area contributed by atoms with E-state index in [1.807, 2.05) is 24.3 Å². The molecule has 0 aromatic heterocycles. The molecule has 0 radical (unpaired) electrons. The average molecular weight is 334 g/mol. The molecule has 0 N–H and O–H groups in total. The first kappa shape index (κ1) is 16.6. The summed E-state index contributed by atoms with van der Waals surface area (Å²) >= 11 is 0. The number of carbonyl (C=O) groups excluding carboxylic acids is 1. The molecule has 2 aromatic rings. The summed E-state index contributed by atoms with van der Waals surface area (Å²) in [5.74, 6) is -1.36. The Morgan fingerprint density at radius 2 is 1.79 bits per heavy atom. The van der Waals surface area contributed by atoms with Crippen molar-refractivity contribution in [2.45, 2.75) is 38.8 Å². The van der Waals surface area contributed by atoms with Gasteiger partial charge in [-0.2, -0.15) is 13.2 Å². The third-order valence-electron chi connectivity index (χ3n) is 4.20. The number of allylic oxidation sites excluding steroid dienone is 1. The van der Waals surface area contributed by atoms with Crippen molar-refractivity contribution in [3.05, 3.63) is 53.3 Å². The van der Waals surface area contributed by atoms with Crippen LogP contribution >= 0.6 is 0 Å². The molecule has 2 aromatic carbocycles. The van der Waals surface area contributed by atoms with Crippen LogP contribution in [0.5, 0.6) is 5.75 Å².